The summed E-state index contributed by atoms with van der Waals surface area (Å²) in [7, 11) is -6.53. The molecule has 0 spiro atoms. The largest absolute Gasteiger partial charge is 0.319 e. The molecule has 6 nitrogen and oxygen atoms in total. The maximum absolute atomic E-state index is 12.4. The van der Waals surface area contributed by atoms with Crippen molar-refractivity contribution in [1.82, 2.24) is 9.97 Å². The second-order valence-electron chi connectivity index (χ2n) is 5.28. The molecule has 8 heteroatoms. The van der Waals surface area contributed by atoms with E-state index in [1.165, 1.54) is 6.20 Å². The molecule has 2 rings (SSSR count). The molecule has 0 radical (unpaired) electrons. The van der Waals surface area contributed by atoms with Gasteiger partial charge in [-0.1, -0.05) is 24.3 Å². The zero-order chi connectivity index (χ0) is 16.4. The van der Waals surface area contributed by atoms with Crippen molar-refractivity contribution >= 4 is 22.6 Å². The van der Waals surface area contributed by atoms with Crippen LogP contribution in [0.3, 0.4) is 0 Å². The Morgan fingerprint density at radius 3 is 2.50 bits per heavy atom. The maximum atomic E-state index is 12.4. The van der Waals surface area contributed by atoms with E-state index in [-0.39, 0.29) is 6.42 Å². The van der Waals surface area contributed by atoms with Crippen molar-refractivity contribution in [2.24, 2.45) is 0 Å². The third kappa shape index (κ3) is 4.47. The summed E-state index contributed by atoms with van der Waals surface area (Å²) in [6.07, 6.45) is 1.61. The molecule has 0 bridgehead atoms. The van der Waals surface area contributed by atoms with E-state index >= 15 is 0 Å². The minimum Gasteiger partial charge on any atom is -0.319 e. The summed E-state index contributed by atoms with van der Waals surface area (Å²) in [6.45, 7) is 3.35. The highest BCUT2D eigenvalue weighted by Gasteiger charge is 2.18. The molecule has 0 atom stereocenters. The number of hydrogen-bond donors (Lipinski definition) is 1. The van der Waals surface area contributed by atoms with Gasteiger partial charge in [0.15, 0.2) is 5.82 Å². The van der Waals surface area contributed by atoms with Gasteiger partial charge in [-0.3, -0.25) is 4.55 Å². The fourth-order valence-electron chi connectivity index (χ4n) is 2.03. The molecular weight excluding hydrogens is 323 g/mol. The summed E-state index contributed by atoms with van der Waals surface area (Å²) in [6, 6.07) is 8.78. The average molecular weight is 340 g/mol. The first-order valence-corrected chi connectivity index (χ1v) is 10.8. The molecule has 118 valence electrons. The van der Waals surface area contributed by atoms with Gasteiger partial charge in [0.2, 0.25) is 0 Å². The SMILES string of the molecule is CP(C)(=O)c1ccccc1-c1nccc(CCS(=O)(=O)O)n1. The van der Waals surface area contributed by atoms with Crippen molar-refractivity contribution in [2.75, 3.05) is 19.1 Å². The minimum atomic E-state index is -4.04. The van der Waals surface area contributed by atoms with Crippen molar-refractivity contribution < 1.29 is 17.5 Å². The monoisotopic (exact) mass is 340 g/mol. The van der Waals surface area contributed by atoms with Crippen molar-refractivity contribution in [3.8, 4) is 11.4 Å². The lowest BCUT2D eigenvalue weighted by Gasteiger charge is -2.12. The number of aromatic nitrogens is 2. The fraction of sp³-hybridized carbons (Fsp3) is 0.286. The highest BCUT2D eigenvalue weighted by atomic mass is 32.2. The van der Waals surface area contributed by atoms with E-state index < -0.39 is 23.0 Å². The van der Waals surface area contributed by atoms with Crippen LogP contribution in [0.2, 0.25) is 0 Å². The van der Waals surface area contributed by atoms with Gasteiger partial charge in [0, 0.05) is 29.2 Å². The fourth-order valence-corrected chi connectivity index (χ4v) is 3.70. The standard InChI is InChI=1S/C14H17N2O4PS/c1-21(2,17)13-6-4-3-5-12(13)14-15-9-7-11(16-14)8-10-22(18,19)20/h3-7,9H,8,10H2,1-2H3,(H,18,19,20). The number of benzene rings is 1. The molecule has 0 aliphatic carbocycles. The van der Waals surface area contributed by atoms with E-state index in [0.717, 1.165) is 0 Å². The van der Waals surface area contributed by atoms with Crippen LogP contribution in [0.1, 0.15) is 5.69 Å². The number of rotatable bonds is 5. The minimum absolute atomic E-state index is 0.0897. The third-order valence-electron chi connectivity index (χ3n) is 3.05. The van der Waals surface area contributed by atoms with E-state index in [2.05, 4.69) is 9.97 Å². The predicted molar refractivity (Wildman–Crippen MR) is 86.7 cm³/mol. The van der Waals surface area contributed by atoms with Crippen molar-refractivity contribution in [2.45, 2.75) is 6.42 Å². The first-order valence-electron chi connectivity index (χ1n) is 6.59. The molecule has 0 aliphatic rings. The van der Waals surface area contributed by atoms with Gasteiger partial charge < -0.3 is 4.57 Å². The Morgan fingerprint density at radius 1 is 1.18 bits per heavy atom. The Labute approximate surface area is 129 Å². The molecule has 1 aromatic carbocycles. The smallest absolute Gasteiger partial charge is 0.265 e. The van der Waals surface area contributed by atoms with E-state index in [4.69, 9.17) is 4.55 Å². The van der Waals surface area contributed by atoms with Gasteiger partial charge in [0.25, 0.3) is 10.1 Å². The molecule has 2 aromatic rings. The number of aryl methyl sites for hydroxylation is 1. The van der Waals surface area contributed by atoms with E-state index in [1.807, 2.05) is 6.07 Å². The van der Waals surface area contributed by atoms with Gasteiger partial charge in [-0.2, -0.15) is 8.42 Å². The number of nitrogens with zero attached hydrogens (tertiary/aromatic N) is 2. The Bertz CT molecular complexity index is 830. The molecule has 1 N–H and O–H groups in total. The van der Waals surface area contributed by atoms with Crippen molar-refractivity contribution in [3.63, 3.8) is 0 Å². The van der Waals surface area contributed by atoms with Crippen LogP contribution in [0.25, 0.3) is 11.4 Å². The van der Waals surface area contributed by atoms with Crippen LogP contribution in [0.5, 0.6) is 0 Å². The van der Waals surface area contributed by atoms with Crippen LogP contribution in [-0.4, -0.2) is 42.0 Å². The van der Waals surface area contributed by atoms with E-state index in [0.29, 0.717) is 22.4 Å². The topological polar surface area (TPSA) is 97.2 Å². The second-order valence-corrected chi connectivity index (χ2v) is 10.0. The Hall–Kier alpha value is -1.56. The van der Waals surface area contributed by atoms with Gasteiger partial charge >= 0.3 is 0 Å². The maximum Gasteiger partial charge on any atom is 0.265 e. The van der Waals surface area contributed by atoms with E-state index in [1.54, 1.807) is 37.6 Å². The third-order valence-corrected chi connectivity index (χ3v) is 5.32. The van der Waals surface area contributed by atoms with Gasteiger partial charge in [0.05, 0.1) is 5.75 Å². The lowest BCUT2D eigenvalue weighted by Crippen LogP contribution is -2.11. The van der Waals surface area contributed by atoms with Crippen LogP contribution in [0, 0.1) is 0 Å². The zero-order valence-corrected chi connectivity index (χ0v) is 14.0. The molecule has 1 heterocycles. The van der Waals surface area contributed by atoms with Crippen LogP contribution >= 0.6 is 7.14 Å². The molecule has 0 fully saturated rings. The first kappa shape index (κ1) is 16.8. The molecular formula is C14H17N2O4PS. The molecule has 0 unspecified atom stereocenters. The van der Waals surface area contributed by atoms with Crippen molar-refractivity contribution in [1.29, 1.82) is 0 Å². The summed E-state index contributed by atoms with van der Waals surface area (Å²) in [5.41, 5.74) is 1.17. The number of hydrogen-bond acceptors (Lipinski definition) is 5. The van der Waals surface area contributed by atoms with Gasteiger partial charge in [-0.25, -0.2) is 9.97 Å². The van der Waals surface area contributed by atoms with Gasteiger partial charge in [0.1, 0.15) is 7.14 Å². The summed E-state index contributed by atoms with van der Waals surface area (Å²) in [4.78, 5) is 8.50. The van der Waals surface area contributed by atoms with Crippen LogP contribution in [0.15, 0.2) is 36.5 Å². The van der Waals surface area contributed by atoms with Crippen LogP contribution < -0.4 is 5.30 Å². The lowest BCUT2D eigenvalue weighted by molar-refractivity contribution is 0.482. The summed E-state index contributed by atoms with van der Waals surface area (Å²) < 4.78 is 42.8. The summed E-state index contributed by atoms with van der Waals surface area (Å²) in [5.74, 6) is -0.00196. The van der Waals surface area contributed by atoms with E-state index in [9.17, 15) is 13.0 Å². The molecule has 22 heavy (non-hydrogen) atoms. The first-order chi connectivity index (χ1) is 10.2. The van der Waals surface area contributed by atoms with Crippen LogP contribution in [0.4, 0.5) is 0 Å². The Morgan fingerprint density at radius 2 is 1.86 bits per heavy atom. The predicted octanol–water partition coefficient (Wildman–Crippen LogP) is 1.82. The normalized spacial score (nSPS) is 12.3. The molecule has 0 saturated carbocycles. The summed E-state index contributed by atoms with van der Waals surface area (Å²) in [5, 5.41) is 0.682. The Kier molecular flexibility index (Phi) is 4.80. The summed E-state index contributed by atoms with van der Waals surface area (Å²) >= 11 is 0. The van der Waals surface area contributed by atoms with Gasteiger partial charge in [-0.05, 0) is 19.4 Å². The molecule has 1 aromatic heterocycles. The molecule has 0 amide bonds. The second kappa shape index (κ2) is 6.28. The average Bonchev–Trinajstić information content (AvgIpc) is 2.44. The Balaban J connectivity index is 2.41. The van der Waals surface area contributed by atoms with Crippen molar-refractivity contribution in [3.05, 3.63) is 42.2 Å². The lowest BCUT2D eigenvalue weighted by atomic mass is 10.2. The van der Waals surface area contributed by atoms with Gasteiger partial charge in [-0.15, -0.1) is 0 Å². The molecule has 0 saturated heterocycles. The zero-order valence-electron chi connectivity index (χ0n) is 12.3. The highest BCUT2D eigenvalue weighted by molar-refractivity contribution is 7.85. The van der Waals surface area contributed by atoms with Crippen LogP contribution in [-0.2, 0) is 21.1 Å². The highest BCUT2D eigenvalue weighted by Crippen LogP contribution is 2.38. The molecule has 0 aliphatic heterocycles. The quantitative estimate of drug-likeness (QED) is 0.659.